The number of likely N-dealkylation sites (tertiary alicyclic amines) is 1. The number of hydrogen-bond acceptors (Lipinski definition) is 7. The lowest BCUT2D eigenvalue weighted by atomic mass is 9.51. The van der Waals surface area contributed by atoms with Gasteiger partial charge in [0.05, 0.1) is 36.0 Å². The standard InChI is InChI=1S/C29H26N2O7/c1-29-21(25(34)30(27(29)36)16-6-4-3-5-7-16)14-20-18(23(29)15-8-10-17(32)11-9-15)12-13-19-22(20)26(35)31(24(19)33)28(37)38-2/h3-12,19-23,32H,13-14H2,1-2H3/t19-,20+,21-,22-,23-,29+/m0/s1. The minimum Gasteiger partial charge on any atom is -0.508 e. The third-order valence-electron chi connectivity index (χ3n) is 8.87. The molecule has 6 atom stereocenters. The van der Waals surface area contributed by atoms with E-state index in [9.17, 15) is 29.1 Å². The van der Waals surface area contributed by atoms with Gasteiger partial charge in [-0.2, -0.15) is 4.90 Å². The molecule has 0 unspecified atom stereocenters. The first-order valence-corrected chi connectivity index (χ1v) is 12.6. The molecule has 5 amide bonds. The monoisotopic (exact) mass is 514 g/mol. The molecule has 194 valence electrons. The molecule has 38 heavy (non-hydrogen) atoms. The van der Waals surface area contributed by atoms with Crippen LogP contribution in [0, 0.1) is 29.1 Å². The number of phenols is 1. The van der Waals surface area contributed by atoms with Crippen LogP contribution in [0.25, 0.3) is 0 Å². The van der Waals surface area contributed by atoms with E-state index in [1.807, 2.05) is 6.08 Å². The number of benzene rings is 2. The molecule has 9 nitrogen and oxygen atoms in total. The van der Waals surface area contributed by atoms with Crippen molar-refractivity contribution in [2.24, 2.45) is 29.1 Å². The molecule has 2 saturated heterocycles. The van der Waals surface area contributed by atoms with Crippen LogP contribution in [-0.2, 0) is 23.9 Å². The summed E-state index contributed by atoms with van der Waals surface area (Å²) in [5.74, 6) is -5.29. The largest absolute Gasteiger partial charge is 0.508 e. The maximum Gasteiger partial charge on any atom is 0.423 e. The summed E-state index contributed by atoms with van der Waals surface area (Å²) in [6, 6.07) is 15.3. The van der Waals surface area contributed by atoms with Crippen LogP contribution in [0.4, 0.5) is 10.5 Å². The van der Waals surface area contributed by atoms with Crippen LogP contribution in [-0.4, -0.2) is 46.8 Å². The lowest BCUT2D eigenvalue weighted by Crippen LogP contribution is -2.49. The maximum atomic E-state index is 14.2. The highest BCUT2D eigenvalue weighted by Gasteiger charge is 2.68. The van der Waals surface area contributed by atoms with Gasteiger partial charge in [-0.25, -0.2) is 9.69 Å². The number of amides is 5. The number of nitrogens with zero attached hydrogens (tertiary/aromatic N) is 2. The van der Waals surface area contributed by atoms with E-state index in [0.717, 1.165) is 18.2 Å². The zero-order valence-electron chi connectivity index (χ0n) is 20.9. The molecule has 2 aliphatic carbocycles. The highest BCUT2D eigenvalue weighted by molar-refractivity contribution is 6.24. The molecule has 1 N–H and O–H groups in total. The number of ether oxygens (including phenoxy) is 1. The molecule has 2 aromatic rings. The molecular weight excluding hydrogens is 488 g/mol. The molecule has 6 rings (SSSR count). The number of fused-ring (bicyclic) bond motifs is 4. The predicted octanol–water partition coefficient (Wildman–Crippen LogP) is 3.39. The molecule has 2 aliphatic heterocycles. The van der Waals surface area contributed by atoms with E-state index in [-0.39, 0.29) is 30.4 Å². The average Bonchev–Trinajstić information content (AvgIpc) is 3.29. The van der Waals surface area contributed by atoms with E-state index in [1.54, 1.807) is 49.4 Å². The second-order valence-corrected chi connectivity index (χ2v) is 10.6. The van der Waals surface area contributed by atoms with Gasteiger partial charge in [-0.15, -0.1) is 0 Å². The van der Waals surface area contributed by atoms with Gasteiger partial charge in [0.25, 0.3) is 0 Å². The van der Waals surface area contributed by atoms with Gasteiger partial charge in [-0.3, -0.25) is 19.2 Å². The molecule has 9 heteroatoms. The summed E-state index contributed by atoms with van der Waals surface area (Å²) >= 11 is 0. The van der Waals surface area contributed by atoms with Gasteiger partial charge in [-0.1, -0.05) is 42.0 Å². The van der Waals surface area contributed by atoms with Crippen LogP contribution in [0.1, 0.15) is 31.2 Å². The normalized spacial score (nSPS) is 32.1. The number of carbonyl (C=O) groups is 5. The van der Waals surface area contributed by atoms with Crippen molar-refractivity contribution in [1.29, 1.82) is 0 Å². The molecular formula is C29H26N2O7. The number of methoxy groups -OCH3 is 1. The summed E-state index contributed by atoms with van der Waals surface area (Å²) in [7, 11) is 1.11. The number of allylic oxidation sites excluding steroid dienone is 2. The smallest absolute Gasteiger partial charge is 0.423 e. The molecule has 2 aromatic carbocycles. The fourth-order valence-electron chi connectivity index (χ4n) is 7.16. The summed E-state index contributed by atoms with van der Waals surface area (Å²) < 4.78 is 4.70. The molecule has 0 aromatic heterocycles. The van der Waals surface area contributed by atoms with E-state index in [0.29, 0.717) is 10.6 Å². The zero-order chi connectivity index (χ0) is 26.9. The number of para-hydroxylation sites is 1. The topological polar surface area (TPSA) is 121 Å². The number of rotatable bonds is 2. The Morgan fingerprint density at radius 2 is 1.63 bits per heavy atom. The van der Waals surface area contributed by atoms with E-state index in [1.165, 1.54) is 17.0 Å². The minimum atomic E-state index is -1.16. The van der Waals surface area contributed by atoms with Crippen molar-refractivity contribution < 1.29 is 33.8 Å². The van der Waals surface area contributed by atoms with Crippen LogP contribution in [0.15, 0.2) is 66.2 Å². The van der Waals surface area contributed by atoms with Crippen molar-refractivity contribution >= 4 is 35.4 Å². The third kappa shape index (κ3) is 3.07. The maximum absolute atomic E-state index is 14.2. The summed E-state index contributed by atoms with van der Waals surface area (Å²) in [5, 5.41) is 9.94. The number of aromatic hydroxyl groups is 1. The molecule has 0 bridgehead atoms. The van der Waals surface area contributed by atoms with Crippen LogP contribution in [0.3, 0.4) is 0 Å². The van der Waals surface area contributed by atoms with Crippen molar-refractivity contribution in [3.05, 3.63) is 71.8 Å². The lowest BCUT2D eigenvalue weighted by Gasteiger charge is -2.49. The number of hydrogen-bond donors (Lipinski definition) is 1. The Hall–Kier alpha value is -4.27. The Kier molecular flexibility index (Phi) is 5.31. The van der Waals surface area contributed by atoms with Gasteiger partial charge in [-0.05, 0) is 55.5 Å². The van der Waals surface area contributed by atoms with Gasteiger partial charge < -0.3 is 9.84 Å². The van der Waals surface area contributed by atoms with Gasteiger partial charge in [0.1, 0.15) is 5.75 Å². The van der Waals surface area contributed by atoms with Crippen LogP contribution in [0.2, 0.25) is 0 Å². The van der Waals surface area contributed by atoms with E-state index in [2.05, 4.69) is 0 Å². The van der Waals surface area contributed by atoms with Crippen molar-refractivity contribution in [3.63, 3.8) is 0 Å². The Balaban J connectivity index is 1.51. The van der Waals surface area contributed by atoms with Crippen molar-refractivity contribution in [1.82, 2.24) is 4.90 Å². The first kappa shape index (κ1) is 24.1. The van der Waals surface area contributed by atoms with Crippen molar-refractivity contribution in [2.75, 3.05) is 12.0 Å². The number of anilines is 1. The van der Waals surface area contributed by atoms with Gasteiger partial charge in [0.2, 0.25) is 23.6 Å². The van der Waals surface area contributed by atoms with Crippen LogP contribution >= 0.6 is 0 Å². The van der Waals surface area contributed by atoms with Crippen molar-refractivity contribution in [2.45, 2.75) is 25.7 Å². The van der Waals surface area contributed by atoms with E-state index in [4.69, 9.17) is 4.74 Å². The second kappa shape index (κ2) is 8.37. The highest BCUT2D eigenvalue weighted by atomic mass is 16.5. The van der Waals surface area contributed by atoms with Gasteiger partial charge >= 0.3 is 6.09 Å². The molecule has 1 saturated carbocycles. The van der Waals surface area contributed by atoms with Gasteiger partial charge in [0, 0.05) is 5.92 Å². The van der Waals surface area contributed by atoms with E-state index < -0.39 is 52.9 Å². The fourth-order valence-corrected chi connectivity index (χ4v) is 7.16. The van der Waals surface area contributed by atoms with E-state index >= 15 is 0 Å². The lowest BCUT2D eigenvalue weighted by molar-refractivity contribution is -0.138. The second-order valence-electron chi connectivity index (χ2n) is 10.6. The quantitative estimate of drug-likeness (QED) is 0.482. The number of carbonyl (C=O) groups excluding carboxylic acids is 5. The predicted molar refractivity (Wildman–Crippen MR) is 133 cm³/mol. The third-order valence-corrected chi connectivity index (χ3v) is 8.87. The Morgan fingerprint density at radius 1 is 0.947 bits per heavy atom. The number of phenolic OH excluding ortho intramolecular Hbond substituents is 1. The van der Waals surface area contributed by atoms with Crippen LogP contribution < -0.4 is 4.90 Å². The highest BCUT2D eigenvalue weighted by Crippen LogP contribution is 2.63. The Labute approximate surface area is 218 Å². The summed E-state index contributed by atoms with van der Waals surface area (Å²) in [4.78, 5) is 68.8. The fraction of sp³-hybridized carbons (Fsp3) is 0.345. The summed E-state index contributed by atoms with van der Waals surface area (Å²) in [5.41, 5.74) is 0.843. The Morgan fingerprint density at radius 3 is 2.29 bits per heavy atom. The minimum absolute atomic E-state index is 0.0607. The first-order chi connectivity index (χ1) is 18.2. The molecule has 0 spiro atoms. The number of imide groups is 4. The van der Waals surface area contributed by atoms with Crippen molar-refractivity contribution in [3.8, 4) is 5.75 Å². The average molecular weight is 515 g/mol. The summed E-state index contributed by atoms with van der Waals surface area (Å²) in [6.45, 7) is 1.80. The first-order valence-electron chi connectivity index (χ1n) is 12.6. The van der Waals surface area contributed by atoms with Gasteiger partial charge in [0.15, 0.2) is 0 Å². The van der Waals surface area contributed by atoms with Crippen LogP contribution in [0.5, 0.6) is 5.75 Å². The summed E-state index contributed by atoms with van der Waals surface area (Å²) in [6.07, 6.45) is 1.31. The molecule has 3 fully saturated rings. The molecule has 2 heterocycles. The Bertz CT molecular complexity index is 1420. The molecule has 0 radical (unpaired) electrons. The molecule has 4 aliphatic rings. The SMILES string of the molecule is COC(=O)N1C(=O)[C@H]2[C@H](CC=C3[C@H]2C[C@H]2C(=O)N(c4ccccc4)C(=O)[C@@]2(C)[C@H]3c2ccc(O)cc2)C1=O. The zero-order valence-corrected chi connectivity index (χ0v) is 20.9.